The standard InChI is InChI=1S/C13H14F2N4O2/c1-7(2)19-12(17-6-18-19)5-21-13(20)8-3-9(14)10(15)4-11(8)16/h3-4,6-7H,5,16H2,1-2H3. The Hall–Kier alpha value is -2.51. The van der Waals surface area contributed by atoms with Gasteiger partial charge in [-0.2, -0.15) is 5.10 Å². The first-order valence-electron chi connectivity index (χ1n) is 6.20. The molecular formula is C13H14F2N4O2. The summed E-state index contributed by atoms with van der Waals surface area (Å²) in [5.41, 5.74) is 5.06. The first-order chi connectivity index (χ1) is 9.90. The van der Waals surface area contributed by atoms with Crippen LogP contribution in [0.25, 0.3) is 0 Å². The van der Waals surface area contributed by atoms with Gasteiger partial charge < -0.3 is 10.5 Å². The Kier molecular flexibility index (Phi) is 4.15. The minimum absolute atomic E-state index is 0.0505. The van der Waals surface area contributed by atoms with Crippen molar-refractivity contribution in [2.45, 2.75) is 26.5 Å². The van der Waals surface area contributed by atoms with Gasteiger partial charge >= 0.3 is 5.97 Å². The molecule has 112 valence electrons. The molecule has 1 aromatic carbocycles. The smallest absolute Gasteiger partial charge is 0.340 e. The lowest BCUT2D eigenvalue weighted by molar-refractivity contribution is 0.0455. The van der Waals surface area contributed by atoms with Crippen LogP contribution in [0, 0.1) is 11.6 Å². The lowest BCUT2D eigenvalue weighted by Gasteiger charge is -2.10. The molecular weight excluding hydrogens is 282 g/mol. The van der Waals surface area contributed by atoms with Crippen LogP contribution >= 0.6 is 0 Å². The van der Waals surface area contributed by atoms with Gasteiger partial charge in [0.2, 0.25) is 0 Å². The monoisotopic (exact) mass is 296 g/mol. The van der Waals surface area contributed by atoms with E-state index in [1.165, 1.54) is 6.33 Å². The Labute approximate surface area is 119 Å². The van der Waals surface area contributed by atoms with E-state index in [1.54, 1.807) is 4.68 Å². The number of ether oxygens (including phenoxy) is 1. The number of hydrogen-bond acceptors (Lipinski definition) is 5. The van der Waals surface area contributed by atoms with E-state index in [4.69, 9.17) is 10.5 Å². The zero-order chi connectivity index (χ0) is 15.6. The van der Waals surface area contributed by atoms with Crippen LogP contribution in [0.2, 0.25) is 0 Å². The zero-order valence-electron chi connectivity index (χ0n) is 11.5. The van der Waals surface area contributed by atoms with Gasteiger partial charge in [-0.1, -0.05) is 0 Å². The molecule has 0 amide bonds. The minimum atomic E-state index is -1.17. The Morgan fingerprint density at radius 1 is 1.38 bits per heavy atom. The normalized spacial score (nSPS) is 10.9. The molecule has 0 atom stereocenters. The molecule has 0 radical (unpaired) electrons. The van der Waals surface area contributed by atoms with Gasteiger partial charge in [-0.05, 0) is 19.9 Å². The van der Waals surface area contributed by atoms with Crippen molar-refractivity contribution in [3.8, 4) is 0 Å². The third-order valence-corrected chi connectivity index (χ3v) is 2.78. The highest BCUT2D eigenvalue weighted by molar-refractivity contribution is 5.95. The SMILES string of the molecule is CC(C)n1ncnc1COC(=O)c1cc(F)c(F)cc1N. The first kappa shape index (κ1) is 14.9. The zero-order valence-corrected chi connectivity index (χ0v) is 11.5. The van der Waals surface area contributed by atoms with Crippen LogP contribution in [0.15, 0.2) is 18.5 Å². The number of esters is 1. The molecule has 1 heterocycles. The van der Waals surface area contributed by atoms with Gasteiger partial charge in [-0.25, -0.2) is 23.2 Å². The number of aromatic nitrogens is 3. The third-order valence-electron chi connectivity index (χ3n) is 2.78. The van der Waals surface area contributed by atoms with Crippen molar-refractivity contribution in [1.29, 1.82) is 0 Å². The number of carbonyl (C=O) groups is 1. The van der Waals surface area contributed by atoms with Crippen molar-refractivity contribution in [2.75, 3.05) is 5.73 Å². The quantitative estimate of drug-likeness (QED) is 0.690. The second kappa shape index (κ2) is 5.86. The van der Waals surface area contributed by atoms with Gasteiger partial charge in [0.25, 0.3) is 0 Å². The summed E-state index contributed by atoms with van der Waals surface area (Å²) in [6, 6.07) is 1.50. The van der Waals surface area contributed by atoms with E-state index < -0.39 is 17.6 Å². The van der Waals surface area contributed by atoms with Gasteiger partial charge in [0.1, 0.15) is 6.33 Å². The Bertz CT molecular complexity index is 670. The van der Waals surface area contributed by atoms with E-state index in [1.807, 2.05) is 13.8 Å². The molecule has 0 bridgehead atoms. The van der Waals surface area contributed by atoms with E-state index in [0.717, 1.165) is 6.07 Å². The highest BCUT2D eigenvalue weighted by Gasteiger charge is 2.17. The van der Waals surface area contributed by atoms with Crippen LogP contribution in [0.3, 0.4) is 0 Å². The first-order valence-corrected chi connectivity index (χ1v) is 6.20. The molecule has 1 aromatic heterocycles. The fourth-order valence-corrected chi connectivity index (χ4v) is 1.76. The summed E-state index contributed by atoms with van der Waals surface area (Å²) in [5, 5.41) is 3.99. The number of nitrogens with two attached hydrogens (primary N) is 1. The van der Waals surface area contributed by atoms with Crippen molar-refractivity contribution in [3.05, 3.63) is 41.5 Å². The van der Waals surface area contributed by atoms with Crippen LogP contribution < -0.4 is 5.73 Å². The summed E-state index contributed by atoms with van der Waals surface area (Å²) in [6.45, 7) is 3.65. The molecule has 0 saturated heterocycles. The van der Waals surface area contributed by atoms with Crippen LogP contribution in [0.4, 0.5) is 14.5 Å². The number of nitrogens with zero attached hydrogens (tertiary/aromatic N) is 3. The van der Waals surface area contributed by atoms with E-state index in [0.29, 0.717) is 11.9 Å². The second-order valence-corrected chi connectivity index (χ2v) is 4.64. The van der Waals surface area contributed by atoms with Crippen molar-refractivity contribution in [1.82, 2.24) is 14.8 Å². The van der Waals surface area contributed by atoms with Crippen molar-refractivity contribution < 1.29 is 18.3 Å². The average molecular weight is 296 g/mol. The molecule has 0 aliphatic heterocycles. The summed E-state index contributed by atoms with van der Waals surface area (Å²) in [5.74, 6) is -2.70. The maximum atomic E-state index is 13.1. The molecule has 0 fully saturated rings. The number of carbonyl (C=O) groups excluding carboxylic acids is 1. The summed E-state index contributed by atoms with van der Waals surface area (Å²) >= 11 is 0. The molecule has 0 aliphatic carbocycles. The number of hydrogen-bond donors (Lipinski definition) is 1. The maximum absolute atomic E-state index is 13.1. The topological polar surface area (TPSA) is 83.0 Å². The van der Waals surface area contributed by atoms with E-state index >= 15 is 0 Å². The van der Waals surface area contributed by atoms with Crippen molar-refractivity contribution in [3.63, 3.8) is 0 Å². The highest BCUT2D eigenvalue weighted by atomic mass is 19.2. The highest BCUT2D eigenvalue weighted by Crippen LogP contribution is 2.18. The molecule has 0 spiro atoms. The van der Waals surface area contributed by atoms with Crippen LogP contribution in [-0.2, 0) is 11.3 Å². The van der Waals surface area contributed by atoms with E-state index in [9.17, 15) is 13.6 Å². The Morgan fingerprint density at radius 2 is 2.05 bits per heavy atom. The van der Waals surface area contributed by atoms with E-state index in [2.05, 4.69) is 10.1 Å². The van der Waals surface area contributed by atoms with Crippen LogP contribution in [0.5, 0.6) is 0 Å². The molecule has 2 aromatic rings. The molecule has 0 unspecified atom stereocenters. The Balaban J connectivity index is 2.12. The molecule has 0 aliphatic rings. The average Bonchev–Trinajstić information content (AvgIpc) is 2.88. The summed E-state index contributed by atoms with van der Waals surface area (Å²) in [7, 11) is 0. The summed E-state index contributed by atoms with van der Waals surface area (Å²) in [4.78, 5) is 15.8. The third kappa shape index (κ3) is 3.15. The van der Waals surface area contributed by atoms with E-state index in [-0.39, 0.29) is 23.9 Å². The van der Waals surface area contributed by atoms with Gasteiger partial charge in [0.05, 0.1) is 5.56 Å². The van der Waals surface area contributed by atoms with Crippen molar-refractivity contribution >= 4 is 11.7 Å². The summed E-state index contributed by atoms with van der Waals surface area (Å²) < 4.78 is 32.7. The Morgan fingerprint density at radius 3 is 2.71 bits per heavy atom. The predicted molar refractivity (Wildman–Crippen MR) is 70.3 cm³/mol. The molecule has 21 heavy (non-hydrogen) atoms. The lowest BCUT2D eigenvalue weighted by Crippen LogP contribution is -2.14. The number of anilines is 1. The minimum Gasteiger partial charge on any atom is -0.454 e. The number of nitrogen functional groups attached to an aromatic ring is 1. The molecule has 8 heteroatoms. The van der Waals surface area contributed by atoms with Crippen molar-refractivity contribution in [2.24, 2.45) is 0 Å². The maximum Gasteiger partial charge on any atom is 0.340 e. The fraction of sp³-hybridized carbons (Fsp3) is 0.308. The lowest BCUT2D eigenvalue weighted by atomic mass is 10.1. The molecule has 0 saturated carbocycles. The summed E-state index contributed by atoms with van der Waals surface area (Å²) in [6.07, 6.45) is 1.34. The van der Waals surface area contributed by atoms with Crippen LogP contribution in [-0.4, -0.2) is 20.7 Å². The van der Waals surface area contributed by atoms with Crippen LogP contribution in [0.1, 0.15) is 36.1 Å². The molecule has 6 nitrogen and oxygen atoms in total. The number of benzene rings is 1. The fourth-order valence-electron chi connectivity index (χ4n) is 1.76. The van der Waals surface area contributed by atoms with Gasteiger partial charge in [-0.15, -0.1) is 0 Å². The molecule has 2 N–H and O–H groups in total. The number of rotatable bonds is 4. The largest absolute Gasteiger partial charge is 0.454 e. The van der Waals surface area contributed by atoms with Gasteiger partial charge in [0.15, 0.2) is 24.1 Å². The molecule has 2 rings (SSSR count). The van der Waals surface area contributed by atoms with Gasteiger partial charge in [0, 0.05) is 17.8 Å². The predicted octanol–water partition coefficient (Wildman–Crippen LogP) is 2.08. The van der Waals surface area contributed by atoms with Gasteiger partial charge in [-0.3, -0.25) is 0 Å². The number of halogens is 2. The second-order valence-electron chi connectivity index (χ2n) is 4.64.